The molecular formula is C19H23FN4O2. The molecule has 1 aliphatic rings. The highest BCUT2D eigenvalue weighted by atomic mass is 19.1. The third kappa shape index (κ3) is 3.21. The smallest absolute Gasteiger partial charge is 0.256 e. The molecular weight excluding hydrogens is 335 g/mol. The molecule has 0 bridgehead atoms. The molecule has 0 unspecified atom stereocenters. The van der Waals surface area contributed by atoms with Crippen LogP contribution >= 0.6 is 0 Å². The van der Waals surface area contributed by atoms with Crippen molar-refractivity contribution in [3.05, 3.63) is 46.9 Å². The first-order chi connectivity index (χ1) is 12.3. The Hall–Kier alpha value is -2.70. The Bertz CT molecular complexity index is 827. The number of carbonyl (C=O) groups is 2. The first kappa shape index (κ1) is 18.1. The number of benzene rings is 1. The van der Waals surface area contributed by atoms with Crippen molar-refractivity contribution in [3.8, 4) is 0 Å². The molecule has 6 nitrogen and oxygen atoms in total. The topological polar surface area (TPSA) is 78.1 Å². The van der Waals surface area contributed by atoms with Gasteiger partial charge in [-0.15, -0.1) is 0 Å². The third-order valence-electron chi connectivity index (χ3n) is 4.85. The van der Waals surface area contributed by atoms with E-state index in [1.807, 2.05) is 18.7 Å². The van der Waals surface area contributed by atoms with Gasteiger partial charge in [-0.3, -0.25) is 14.7 Å². The summed E-state index contributed by atoms with van der Waals surface area (Å²) in [6.07, 6.45) is 2.33. The van der Waals surface area contributed by atoms with E-state index in [1.54, 1.807) is 0 Å². The number of anilines is 1. The number of nitrogens with one attached hydrogen (secondary N) is 2. The molecule has 1 aromatic heterocycles. The number of rotatable bonds is 5. The fourth-order valence-corrected chi connectivity index (χ4v) is 3.26. The molecule has 0 aliphatic carbocycles. The summed E-state index contributed by atoms with van der Waals surface area (Å²) in [5.74, 6) is -0.261. The van der Waals surface area contributed by atoms with Crippen LogP contribution in [0.15, 0.2) is 24.3 Å². The first-order valence-corrected chi connectivity index (χ1v) is 8.79. The molecule has 2 N–H and O–H groups in total. The van der Waals surface area contributed by atoms with Crippen LogP contribution in [0.5, 0.6) is 0 Å². The molecule has 2 aromatic rings. The largest absolute Gasteiger partial charge is 0.327 e. The molecule has 0 spiro atoms. The Balaban J connectivity index is 1.79. The normalized spacial score (nSPS) is 15.0. The Kier molecular flexibility index (Phi) is 4.80. The van der Waals surface area contributed by atoms with Crippen LogP contribution < -0.4 is 5.32 Å². The zero-order valence-corrected chi connectivity index (χ0v) is 15.2. The second kappa shape index (κ2) is 6.90. The standard InChI is InChI=1S/C19H23FN4O2/c1-4-5-6-15(25)24-11-14-16(19(24,2)3)22-23-17(14)21-18(26)12-7-9-13(20)10-8-12/h7-10H,4-6,11H2,1-3H3,(H2,21,22,23,26). The minimum atomic E-state index is -0.508. The molecule has 0 saturated heterocycles. The number of aromatic nitrogens is 2. The lowest BCUT2D eigenvalue weighted by Crippen LogP contribution is -2.40. The minimum absolute atomic E-state index is 0.0947. The molecule has 2 amide bonds. The van der Waals surface area contributed by atoms with Crippen LogP contribution in [0.1, 0.15) is 61.6 Å². The highest BCUT2D eigenvalue weighted by molar-refractivity contribution is 6.04. The summed E-state index contributed by atoms with van der Waals surface area (Å²) < 4.78 is 13.0. The molecule has 138 valence electrons. The van der Waals surface area contributed by atoms with E-state index in [9.17, 15) is 14.0 Å². The van der Waals surface area contributed by atoms with E-state index < -0.39 is 11.4 Å². The first-order valence-electron chi connectivity index (χ1n) is 8.79. The van der Waals surface area contributed by atoms with Crippen molar-refractivity contribution >= 4 is 17.6 Å². The van der Waals surface area contributed by atoms with E-state index in [1.165, 1.54) is 24.3 Å². The van der Waals surface area contributed by atoms with Gasteiger partial charge in [0.05, 0.1) is 17.8 Å². The fourth-order valence-electron chi connectivity index (χ4n) is 3.26. The Morgan fingerprint density at radius 3 is 2.65 bits per heavy atom. The number of unbranched alkanes of at least 4 members (excludes halogenated alkanes) is 1. The number of hydrogen-bond acceptors (Lipinski definition) is 3. The monoisotopic (exact) mass is 358 g/mol. The molecule has 26 heavy (non-hydrogen) atoms. The number of aromatic amines is 1. The number of H-pyrrole nitrogens is 1. The van der Waals surface area contributed by atoms with Gasteiger partial charge in [-0.25, -0.2) is 4.39 Å². The van der Waals surface area contributed by atoms with Gasteiger partial charge in [-0.2, -0.15) is 5.10 Å². The predicted molar refractivity (Wildman–Crippen MR) is 96.0 cm³/mol. The summed E-state index contributed by atoms with van der Waals surface area (Å²) in [7, 11) is 0. The van der Waals surface area contributed by atoms with E-state index in [-0.39, 0.29) is 11.8 Å². The molecule has 1 aromatic carbocycles. The fraction of sp³-hybridized carbons (Fsp3) is 0.421. The summed E-state index contributed by atoms with van der Waals surface area (Å²) in [6.45, 7) is 6.39. The lowest BCUT2D eigenvalue weighted by atomic mass is 10.0. The lowest BCUT2D eigenvalue weighted by Gasteiger charge is -2.32. The molecule has 2 heterocycles. The van der Waals surface area contributed by atoms with Crippen molar-refractivity contribution in [2.24, 2.45) is 0 Å². The van der Waals surface area contributed by atoms with E-state index in [0.717, 1.165) is 24.1 Å². The van der Waals surface area contributed by atoms with Crippen molar-refractivity contribution in [3.63, 3.8) is 0 Å². The lowest BCUT2D eigenvalue weighted by molar-refractivity contribution is -0.136. The van der Waals surface area contributed by atoms with Crippen molar-refractivity contribution in [2.45, 2.75) is 52.1 Å². The van der Waals surface area contributed by atoms with Gasteiger partial charge in [-0.05, 0) is 44.5 Å². The maximum absolute atomic E-state index is 13.0. The van der Waals surface area contributed by atoms with Crippen LogP contribution in [0.4, 0.5) is 10.2 Å². The Morgan fingerprint density at radius 1 is 1.31 bits per heavy atom. The van der Waals surface area contributed by atoms with E-state index >= 15 is 0 Å². The number of hydrogen-bond donors (Lipinski definition) is 2. The summed E-state index contributed by atoms with van der Waals surface area (Å²) >= 11 is 0. The van der Waals surface area contributed by atoms with Crippen LogP contribution in [0.2, 0.25) is 0 Å². The second-order valence-electron chi connectivity index (χ2n) is 7.03. The summed E-state index contributed by atoms with van der Waals surface area (Å²) in [4.78, 5) is 26.7. The number of fused-ring (bicyclic) bond motifs is 1. The SMILES string of the molecule is CCCCC(=O)N1Cc2c(NC(=O)c3ccc(F)cc3)n[nH]c2C1(C)C. The molecule has 0 atom stereocenters. The molecule has 1 aliphatic heterocycles. The van der Waals surface area contributed by atoms with Gasteiger partial charge in [0.1, 0.15) is 5.82 Å². The van der Waals surface area contributed by atoms with E-state index in [0.29, 0.717) is 24.3 Å². The zero-order valence-electron chi connectivity index (χ0n) is 15.2. The summed E-state index contributed by atoms with van der Waals surface area (Å²) in [6, 6.07) is 5.31. The molecule has 7 heteroatoms. The highest BCUT2D eigenvalue weighted by Gasteiger charge is 2.43. The highest BCUT2D eigenvalue weighted by Crippen LogP contribution is 2.41. The van der Waals surface area contributed by atoms with Gasteiger partial charge in [0.25, 0.3) is 5.91 Å². The number of halogens is 1. The van der Waals surface area contributed by atoms with Crippen molar-refractivity contribution in [2.75, 3.05) is 5.32 Å². The molecule has 0 radical (unpaired) electrons. The minimum Gasteiger partial charge on any atom is -0.327 e. The number of nitrogens with zero attached hydrogens (tertiary/aromatic N) is 2. The van der Waals surface area contributed by atoms with Gasteiger partial charge >= 0.3 is 0 Å². The van der Waals surface area contributed by atoms with Gasteiger partial charge in [0.2, 0.25) is 5.91 Å². The van der Waals surface area contributed by atoms with Gasteiger partial charge in [-0.1, -0.05) is 13.3 Å². The third-order valence-corrected chi connectivity index (χ3v) is 4.85. The Morgan fingerprint density at radius 2 is 2.00 bits per heavy atom. The van der Waals surface area contributed by atoms with Crippen molar-refractivity contribution in [1.82, 2.24) is 15.1 Å². The van der Waals surface area contributed by atoms with Crippen LogP contribution in [0.3, 0.4) is 0 Å². The maximum Gasteiger partial charge on any atom is 0.256 e. The van der Waals surface area contributed by atoms with Gasteiger partial charge in [0.15, 0.2) is 5.82 Å². The summed E-state index contributed by atoms with van der Waals surface area (Å²) in [5, 5.41) is 9.92. The molecule has 3 rings (SSSR count). The van der Waals surface area contributed by atoms with Crippen LogP contribution in [-0.2, 0) is 16.9 Å². The van der Waals surface area contributed by atoms with E-state index in [4.69, 9.17) is 0 Å². The van der Waals surface area contributed by atoms with Gasteiger partial charge in [0, 0.05) is 17.5 Å². The molecule has 0 saturated carbocycles. The average molecular weight is 358 g/mol. The molecule has 0 fully saturated rings. The number of amides is 2. The van der Waals surface area contributed by atoms with Gasteiger partial charge < -0.3 is 10.2 Å². The Labute approximate surface area is 151 Å². The predicted octanol–water partition coefficient (Wildman–Crippen LogP) is 3.57. The van der Waals surface area contributed by atoms with Crippen LogP contribution in [0.25, 0.3) is 0 Å². The van der Waals surface area contributed by atoms with Crippen molar-refractivity contribution in [1.29, 1.82) is 0 Å². The average Bonchev–Trinajstić information content (AvgIpc) is 3.12. The number of carbonyl (C=O) groups excluding carboxylic acids is 2. The van der Waals surface area contributed by atoms with Crippen molar-refractivity contribution < 1.29 is 14.0 Å². The van der Waals surface area contributed by atoms with Crippen LogP contribution in [-0.4, -0.2) is 26.9 Å². The van der Waals surface area contributed by atoms with Crippen LogP contribution in [0, 0.1) is 5.82 Å². The summed E-state index contributed by atoms with van der Waals surface area (Å²) in [5.41, 5.74) is 1.48. The zero-order chi connectivity index (χ0) is 18.9. The second-order valence-corrected chi connectivity index (χ2v) is 7.03. The van der Waals surface area contributed by atoms with E-state index in [2.05, 4.69) is 22.4 Å². The maximum atomic E-state index is 13.0. The quantitative estimate of drug-likeness (QED) is 0.858.